The van der Waals surface area contributed by atoms with Gasteiger partial charge in [-0.1, -0.05) is 24.3 Å². The Morgan fingerprint density at radius 2 is 1.94 bits per heavy atom. The first kappa shape index (κ1) is 23.3. The first-order valence-corrected chi connectivity index (χ1v) is 11.1. The normalized spacial score (nSPS) is 16.0. The number of aliphatic hydroxyl groups excluding tert-OH is 1. The summed E-state index contributed by atoms with van der Waals surface area (Å²) in [5.41, 5.74) is 3.00. The van der Waals surface area contributed by atoms with E-state index in [-0.39, 0.29) is 23.8 Å². The van der Waals surface area contributed by atoms with E-state index in [2.05, 4.69) is 30.8 Å². The number of amides is 1. The molecule has 1 aromatic heterocycles. The Kier molecular flexibility index (Phi) is 7.46. The third kappa shape index (κ3) is 6.60. The number of hydrogen-bond donors (Lipinski definition) is 4. The number of β-amino-alcohol motifs (C(OH)–C–C–N with tert-alkyl or cyclic N) is 1. The van der Waals surface area contributed by atoms with Crippen LogP contribution in [0.15, 0.2) is 66.9 Å². The summed E-state index contributed by atoms with van der Waals surface area (Å²) in [6, 6.07) is 14.6. The number of carbonyl (C=O) groups excluding carboxylic acids is 1. The number of hydrogen-bond acceptors (Lipinski definition) is 7. The van der Waals surface area contributed by atoms with Crippen LogP contribution in [0.25, 0.3) is 0 Å². The highest BCUT2D eigenvalue weighted by molar-refractivity contribution is 5.99. The molecule has 2 aromatic carbocycles. The van der Waals surface area contributed by atoms with Crippen molar-refractivity contribution < 1.29 is 14.3 Å². The van der Waals surface area contributed by atoms with Gasteiger partial charge in [0.2, 0.25) is 11.9 Å². The summed E-state index contributed by atoms with van der Waals surface area (Å²) in [6.45, 7) is 4.03. The van der Waals surface area contributed by atoms with Crippen molar-refractivity contribution in [1.82, 2.24) is 14.9 Å². The highest BCUT2D eigenvalue weighted by Crippen LogP contribution is 2.22. The second-order valence-corrected chi connectivity index (χ2v) is 8.18. The smallest absolute Gasteiger partial charge is 0.248 e. The average molecular weight is 463 g/mol. The lowest BCUT2D eigenvalue weighted by atomic mass is 10.2. The van der Waals surface area contributed by atoms with Gasteiger partial charge in [0.05, 0.1) is 12.3 Å². The number of likely N-dealkylation sites (tertiary alicyclic amines) is 1. The zero-order chi connectivity index (χ0) is 23.9. The lowest BCUT2D eigenvalue weighted by Crippen LogP contribution is -2.22. The summed E-state index contributed by atoms with van der Waals surface area (Å²) in [5.74, 6) is -0.543. The Balaban J connectivity index is 1.37. The highest BCUT2D eigenvalue weighted by Gasteiger charge is 2.18. The lowest BCUT2D eigenvalue weighted by Gasteiger charge is -2.11. The molecule has 2 heterocycles. The predicted octanol–water partition coefficient (Wildman–Crippen LogP) is 3.97. The van der Waals surface area contributed by atoms with E-state index in [9.17, 15) is 14.3 Å². The van der Waals surface area contributed by atoms with Crippen LogP contribution in [0.3, 0.4) is 0 Å². The van der Waals surface area contributed by atoms with Crippen LogP contribution in [0.1, 0.15) is 12.0 Å². The van der Waals surface area contributed by atoms with E-state index in [1.54, 1.807) is 30.3 Å². The molecule has 0 radical (unpaired) electrons. The molecule has 0 unspecified atom stereocenters. The number of rotatable bonds is 8. The maximum atomic E-state index is 14.2. The van der Waals surface area contributed by atoms with Crippen molar-refractivity contribution in [3.63, 3.8) is 0 Å². The average Bonchev–Trinajstić information content (AvgIpc) is 3.21. The predicted molar refractivity (Wildman–Crippen MR) is 131 cm³/mol. The van der Waals surface area contributed by atoms with Gasteiger partial charge in [0.1, 0.15) is 0 Å². The van der Waals surface area contributed by atoms with E-state index in [0.29, 0.717) is 24.5 Å². The lowest BCUT2D eigenvalue weighted by molar-refractivity contribution is -0.111. The summed E-state index contributed by atoms with van der Waals surface area (Å²) in [6.07, 6.45) is 4.85. The van der Waals surface area contributed by atoms with Gasteiger partial charge in [0, 0.05) is 42.8 Å². The molecule has 4 rings (SSSR count). The van der Waals surface area contributed by atoms with Crippen LogP contribution < -0.4 is 16.0 Å². The molecule has 8 nitrogen and oxygen atoms in total. The molecule has 0 bridgehead atoms. The van der Waals surface area contributed by atoms with E-state index >= 15 is 0 Å². The zero-order valence-corrected chi connectivity index (χ0v) is 18.8. The quantitative estimate of drug-likeness (QED) is 0.376. The van der Waals surface area contributed by atoms with Crippen LogP contribution in [0.5, 0.6) is 0 Å². The monoisotopic (exact) mass is 462 g/mol. The molecule has 1 aliphatic rings. The van der Waals surface area contributed by atoms with E-state index in [4.69, 9.17) is 0 Å². The number of anilines is 5. The molecular weight excluding hydrogens is 435 g/mol. The molecule has 0 aliphatic carbocycles. The van der Waals surface area contributed by atoms with Gasteiger partial charge >= 0.3 is 0 Å². The van der Waals surface area contributed by atoms with Crippen molar-refractivity contribution in [3.8, 4) is 0 Å². The Bertz CT molecular complexity index is 1190. The van der Waals surface area contributed by atoms with Gasteiger partial charge in [-0.2, -0.15) is 4.98 Å². The van der Waals surface area contributed by atoms with Crippen molar-refractivity contribution in [3.05, 3.63) is 78.3 Å². The number of halogens is 1. The molecule has 0 spiro atoms. The molecule has 1 fully saturated rings. The minimum atomic E-state index is -0.566. The fourth-order valence-electron chi connectivity index (χ4n) is 3.65. The van der Waals surface area contributed by atoms with Crippen LogP contribution in [-0.4, -0.2) is 51.6 Å². The standard InChI is InChI=1S/C25H27FN6O2/c1-17-5-2-6-18(13-17)29-24-22(26)15-27-25(31-24)30-20-8-3-7-19(14-20)28-23(34)9-4-11-32-12-10-21(33)16-32/h2-9,13-15,21,33H,10-12,16H2,1H3,(H,28,34)(H2,27,29,30,31)/t21-/m1/s1. The summed E-state index contributed by atoms with van der Waals surface area (Å²) < 4.78 is 14.2. The van der Waals surface area contributed by atoms with Crippen LogP contribution in [-0.2, 0) is 4.79 Å². The number of benzene rings is 2. The van der Waals surface area contributed by atoms with Gasteiger partial charge < -0.3 is 21.1 Å². The van der Waals surface area contributed by atoms with Gasteiger partial charge in [0.25, 0.3) is 0 Å². The first-order valence-electron chi connectivity index (χ1n) is 11.1. The molecule has 1 aliphatic heterocycles. The number of aryl methyl sites for hydroxylation is 1. The fraction of sp³-hybridized carbons (Fsp3) is 0.240. The van der Waals surface area contributed by atoms with Crippen molar-refractivity contribution in [2.24, 2.45) is 0 Å². The SMILES string of the molecule is Cc1cccc(Nc2nc(Nc3cccc(NC(=O)C=CCN4CC[C@@H](O)C4)c3)ncc2F)c1. The molecule has 176 valence electrons. The van der Waals surface area contributed by atoms with Crippen molar-refractivity contribution in [2.45, 2.75) is 19.4 Å². The number of carbonyl (C=O) groups is 1. The topological polar surface area (TPSA) is 102 Å². The molecule has 1 amide bonds. The van der Waals surface area contributed by atoms with Crippen LogP contribution in [0.4, 0.5) is 33.2 Å². The van der Waals surface area contributed by atoms with E-state index < -0.39 is 5.82 Å². The Hall–Kier alpha value is -3.82. The Morgan fingerprint density at radius 3 is 2.71 bits per heavy atom. The van der Waals surface area contributed by atoms with Gasteiger partial charge in [-0.3, -0.25) is 9.69 Å². The van der Waals surface area contributed by atoms with Gasteiger partial charge in [-0.05, 0) is 49.2 Å². The highest BCUT2D eigenvalue weighted by atomic mass is 19.1. The van der Waals surface area contributed by atoms with E-state index in [0.717, 1.165) is 30.4 Å². The molecule has 34 heavy (non-hydrogen) atoms. The fourth-order valence-corrected chi connectivity index (χ4v) is 3.65. The Morgan fingerprint density at radius 1 is 1.18 bits per heavy atom. The molecule has 9 heteroatoms. The van der Waals surface area contributed by atoms with E-state index in [1.807, 2.05) is 31.2 Å². The molecule has 1 saturated heterocycles. The van der Waals surface area contributed by atoms with Gasteiger partial charge in [0.15, 0.2) is 11.6 Å². The number of nitrogens with zero attached hydrogens (tertiary/aromatic N) is 3. The van der Waals surface area contributed by atoms with Gasteiger partial charge in [-0.25, -0.2) is 9.37 Å². The van der Waals surface area contributed by atoms with Crippen LogP contribution >= 0.6 is 0 Å². The third-order valence-corrected chi connectivity index (χ3v) is 5.29. The van der Waals surface area contributed by atoms with Crippen LogP contribution in [0.2, 0.25) is 0 Å². The maximum Gasteiger partial charge on any atom is 0.248 e. The molecule has 0 saturated carbocycles. The molecule has 1 atom stereocenters. The Labute approximate surface area is 197 Å². The molecule has 4 N–H and O–H groups in total. The van der Waals surface area contributed by atoms with Crippen molar-refractivity contribution in [2.75, 3.05) is 35.6 Å². The van der Waals surface area contributed by atoms with Crippen LogP contribution in [0, 0.1) is 12.7 Å². The van der Waals surface area contributed by atoms with E-state index in [1.165, 1.54) is 6.08 Å². The second kappa shape index (κ2) is 10.9. The van der Waals surface area contributed by atoms with Crippen molar-refractivity contribution >= 4 is 34.7 Å². The third-order valence-electron chi connectivity index (χ3n) is 5.29. The van der Waals surface area contributed by atoms with Crippen molar-refractivity contribution in [1.29, 1.82) is 0 Å². The minimum absolute atomic E-state index is 0.0585. The summed E-state index contributed by atoms with van der Waals surface area (Å²) in [5, 5.41) is 18.4. The maximum absolute atomic E-state index is 14.2. The molecule has 3 aromatic rings. The number of aromatic nitrogens is 2. The first-order chi connectivity index (χ1) is 16.4. The second-order valence-electron chi connectivity index (χ2n) is 8.18. The number of aliphatic hydroxyl groups is 1. The summed E-state index contributed by atoms with van der Waals surface area (Å²) >= 11 is 0. The minimum Gasteiger partial charge on any atom is -0.392 e. The summed E-state index contributed by atoms with van der Waals surface area (Å²) in [7, 11) is 0. The summed E-state index contributed by atoms with van der Waals surface area (Å²) in [4.78, 5) is 22.6. The zero-order valence-electron chi connectivity index (χ0n) is 18.8. The molecular formula is C25H27FN6O2. The number of nitrogens with one attached hydrogen (secondary N) is 3. The largest absolute Gasteiger partial charge is 0.392 e. The van der Waals surface area contributed by atoms with Gasteiger partial charge in [-0.15, -0.1) is 0 Å².